The summed E-state index contributed by atoms with van der Waals surface area (Å²) in [5.74, 6) is 0. The Bertz CT molecular complexity index is 494. The second kappa shape index (κ2) is 7.00. The molecule has 1 unspecified atom stereocenters. The van der Waals surface area contributed by atoms with E-state index in [4.69, 9.17) is 0 Å². The van der Waals surface area contributed by atoms with E-state index in [0.717, 1.165) is 19.3 Å². The quantitative estimate of drug-likeness (QED) is 0.868. The van der Waals surface area contributed by atoms with E-state index in [9.17, 15) is 8.42 Å². The van der Waals surface area contributed by atoms with Crippen LogP contribution in [0.4, 0.5) is 0 Å². The van der Waals surface area contributed by atoms with Crippen molar-refractivity contribution in [3.63, 3.8) is 0 Å². The van der Waals surface area contributed by atoms with E-state index in [0.29, 0.717) is 19.6 Å². The van der Waals surface area contributed by atoms with Crippen molar-refractivity contribution in [2.75, 3.05) is 33.7 Å². The molecule has 1 atom stereocenters. The minimum atomic E-state index is -3.34. The maximum Gasteiger partial charge on any atom is 0.279 e. The van der Waals surface area contributed by atoms with Crippen LogP contribution in [0.3, 0.4) is 0 Å². The van der Waals surface area contributed by atoms with Gasteiger partial charge in [-0.15, -0.1) is 11.3 Å². The van der Waals surface area contributed by atoms with Crippen LogP contribution in [0, 0.1) is 0 Å². The molecule has 0 bridgehead atoms. The van der Waals surface area contributed by atoms with Gasteiger partial charge in [0, 0.05) is 24.5 Å². The van der Waals surface area contributed by atoms with Gasteiger partial charge in [0.05, 0.1) is 6.04 Å². The van der Waals surface area contributed by atoms with Crippen molar-refractivity contribution in [2.45, 2.75) is 25.3 Å². The molecular weight excluding hydrogens is 294 g/mol. The van der Waals surface area contributed by atoms with E-state index in [1.807, 2.05) is 36.5 Å². The third-order valence-corrected chi connectivity index (χ3v) is 6.16. The van der Waals surface area contributed by atoms with Crippen molar-refractivity contribution < 1.29 is 8.42 Å². The van der Waals surface area contributed by atoms with Gasteiger partial charge >= 0.3 is 0 Å². The predicted octanol–water partition coefficient (Wildman–Crippen LogP) is 1.67. The summed E-state index contributed by atoms with van der Waals surface area (Å²) < 4.78 is 28.9. The van der Waals surface area contributed by atoms with Crippen molar-refractivity contribution in [1.29, 1.82) is 0 Å². The SMILES string of the molecule is CN(C)C(CNS(=O)(=O)N1CCCCC1)c1cccs1. The molecule has 0 aliphatic carbocycles. The molecule has 1 aliphatic rings. The van der Waals surface area contributed by atoms with E-state index in [-0.39, 0.29) is 6.04 Å². The highest BCUT2D eigenvalue weighted by molar-refractivity contribution is 7.87. The van der Waals surface area contributed by atoms with Gasteiger partial charge in [-0.3, -0.25) is 0 Å². The number of rotatable bonds is 6. The first-order valence-electron chi connectivity index (χ1n) is 6.95. The number of thiophene rings is 1. The summed E-state index contributed by atoms with van der Waals surface area (Å²) in [6.07, 6.45) is 3.05. The molecule has 1 aromatic heterocycles. The topological polar surface area (TPSA) is 52.7 Å². The fourth-order valence-electron chi connectivity index (χ4n) is 2.40. The van der Waals surface area contributed by atoms with Crippen LogP contribution in [-0.2, 0) is 10.2 Å². The molecule has 2 rings (SSSR count). The van der Waals surface area contributed by atoms with Crippen molar-refractivity contribution in [2.24, 2.45) is 0 Å². The lowest BCUT2D eigenvalue weighted by Crippen LogP contribution is -2.45. The van der Waals surface area contributed by atoms with Gasteiger partial charge in [0.25, 0.3) is 10.2 Å². The number of hydrogen-bond acceptors (Lipinski definition) is 4. The average molecular weight is 317 g/mol. The Labute approximate surface area is 125 Å². The lowest BCUT2D eigenvalue weighted by atomic mass is 10.2. The van der Waals surface area contributed by atoms with Crippen molar-refractivity contribution in [3.05, 3.63) is 22.4 Å². The van der Waals surface area contributed by atoms with Crippen LogP contribution in [0.15, 0.2) is 17.5 Å². The first-order valence-corrected chi connectivity index (χ1v) is 9.27. The molecule has 7 heteroatoms. The molecule has 5 nitrogen and oxygen atoms in total. The molecule has 1 saturated heterocycles. The predicted molar refractivity (Wildman–Crippen MR) is 83.1 cm³/mol. The third kappa shape index (κ3) is 4.02. The lowest BCUT2D eigenvalue weighted by molar-refractivity contribution is 0.296. The monoisotopic (exact) mass is 317 g/mol. The summed E-state index contributed by atoms with van der Waals surface area (Å²) >= 11 is 1.66. The zero-order chi connectivity index (χ0) is 14.6. The first kappa shape index (κ1) is 15.9. The van der Waals surface area contributed by atoms with E-state index in [1.165, 1.54) is 4.88 Å². The number of piperidine rings is 1. The van der Waals surface area contributed by atoms with Crippen molar-refractivity contribution >= 4 is 21.5 Å². The van der Waals surface area contributed by atoms with Gasteiger partial charge in [0.1, 0.15) is 0 Å². The normalized spacial score (nSPS) is 19.4. The molecule has 1 N–H and O–H groups in total. The minimum absolute atomic E-state index is 0.0783. The zero-order valence-electron chi connectivity index (χ0n) is 12.1. The highest BCUT2D eigenvalue weighted by Gasteiger charge is 2.25. The number of nitrogens with one attached hydrogen (secondary N) is 1. The largest absolute Gasteiger partial charge is 0.300 e. The number of nitrogens with zero attached hydrogens (tertiary/aromatic N) is 2. The molecule has 0 aromatic carbocycles. The maximum absolute atomic E-state index is 12.3. The summed E-state index contributed by atoms with van der Waals surface area (Å²) in [5.41, 5.74) is 0. The van der Waals surface area contributed by atoms with Crippen LogP contribution in [0.2, 0.25) is 0 Å². The van der Waals surface area contributed by atoms with Gasteiger partial charge in [-0.1, -0.05) is 12.5 Å². The summed E-state index contributed by atoms with van der Waals surface area (Å²) in [7, 11) is 0.602. The highest BCUT2D eigenvalue weighted by Crippen LogP contribution is 2.23. The third-order valence-electron chi connectivity index (χ3n) is 3.61. The van der Waals surface area contributed by atoms with Crippen LogP contribution in [0.1, 0.15) is 30.2 Å². The van der Waals surface area contributed by atoms with Crippen LogP contribution in [-0.4, -0.2) is 51.4 Å². The Hall–Kier alpha value is -0.470. The summed E-state index contributed by atoms with van der Waals surface area (Å²) in [6, 6.07) is 4.12. The fraction of sp³-hybridized carbons (Fsp3) is 0.692. The van der Waals surface area contributed by atoms with Crippen LogP contribution in [0.25, 0.3) is 0 Å². The average Bonchev–Trinajstić information content (AvgIpc) is 2.93. The van der Waals surface area contributed by atoms with Gasteiger partial charge in [-0.25, -0.2) is 4.72 Å². The Morgan fingerprint density at radius 2 is 2.05 bits per heavy atom. The standard InChI is InChI=1S/C13H23N3O2S2/c1-15(2)12(13-7-6-10-19-13)11-14-20(17,18)16-8-4-3-5-9-16/h6-7,10,12,14H,3-5,8-9,11H2,1-2H3. The Morgan fingerprint density at radius 1 is 1.35 bits per heavy atom. The molecule has 0 saturated carbocycles. The van der Waals surface area contributed by atoms with E-state index in [2.05, 4.69) is 4.72 Å². The van der Waals surface area contributed by atoms with Gasteiger partial charge < -0.3 is 4.90 Å². The minimum Gasteiger partial charge on any atom is -0.300 e. The maximum atomic E-state index is 12.3. The first-order chi connectivity index (χ1) is 9.50. The number of hydrogen-bond donors (Lipinski definition) is 1. The number of likely N-dealkylation sites (N-methyl/N-ethyl adjacent to an activating group) is 1. The molecule has 20 heavy (non-hydrogen) atoms. The Morgan fingerprint density at radius 3 is 2.60 bits per heavy atom. The molecule has 0 amide bonds. The van der Waals surface area contributed by atoms with Gasteiger partial charge in [0.15, 0.2) is 0 Å². The van der Waals surface area contributed by atoms with Crippen molar-refractivity contribution in [1.82, 2.24) is 13.9 Å². The van der Waals surface area contributed by atoms with E-state index in [1.54, 1.807) is 15.6 Å². The fourth-order valence-corrected chi connectivity index (χ4v) is 4.61. The Kier molecular flexibility index (Phi) is 5.57. The zero-order valence-corrected chi connectivity index (χ0v) is 13.7. The van der Waals surface area contributed by atoms with Crippen LogP contribution < -0.4 is 4.72 Å². The summed E-state index contributed by atoms with van der Waals surface area (Å²) in [6.45, 7) is 1.69. The van der Waals surface area contributed by atoms with Crippen LogP contribution >= 0.6 is 11.3 Å². The summed E-state index contributed by atoms with van der Waals surface area (Å²) in [5, 5.41) is 2.02. The molecular formula is C13H23N3O2S2. The molecule has 1 aliphatic heterocycles. The molecule has 0 radical (unpaired) electrons. The molecule has 2 heterocycles. The Balaban J connectivity index is 1.98. The molecule has 1 fully saturated rings. The lowest BCUT2D eigenvalue weighted by Gasteiger charge is -2.28. The van der Waals surface area contributed by atoms with Crippen LogP contribution in [0.5, 0.6) is 0 Å². The van der Waals surface area contributed by atoms with E-state index < -0.39 is 10.2 Å². The highest BCUT2D eigenvalue weighted by atomic mass is 32.2. The smallest absolute Gasteiger partial charge is 0.279 e. The second-order valence-corrected chi connectivity index (χ2v) is 8.04. The van der Waals surface area contributed by atoms with Gasteiger partial charge in [-0.2, -0.15) is 12.7 Å². The van der Waals surface area contributed by atoms with Crippen molar-refractivity contribution in [3.8, 4) is 0 Å². The molecule has 1 aromatic rings. The van der Waals surface area contributed by atoms with Gasteiger partial charge in [-0.05, 0) is 38.4 Å². The van der Waals surface area contributed by atoms with Gasteiger partial charge in [0.2, 0.25) is 0 Å². The van der Waals surface area contributed by atoms with E-state index >= 15 is 0 Å². The molecule has 114 valence electrons. The molecule has 0 spiro atoms. The summed E-state index contributed by atoms with van der Waals surface area (Å²) in [4.78, 5) is 3.22. The second-order valence-electron chi connectivity index (χ2n) is 5.31.